The molecule has 0 fully saturated rings. The number of carbonyl (C=O) groups excluding carboxylic acids is 1. The van der Waals surface area contributed by atoms with Gasteiger partial charge in [-0.3, -0.25) is 13.8 Å². The van der Waals surface area contributed by atoms with Gasteiger partial charge in [-0.25, -0.2) is 4.57 Å². The molecule has 3 unspecified atom stereocenters. The summed E-state index contributed by atoms with van der Waals surface area (Å²) in [5, 5.41) is 14.0. The number of nitrogens with one attached hydrogen (secondary N) is 1. The third-order valence-corrected chi connectivity index (χ3v) is 12.7. The molecule has 59 heavy (non-hydrogen) atoms. The quantitative estimate of drug-likeness (QED) is 0.0244. The largest absolute Gasteiger partial charge is 0.472 e. The summed E-state index contributed by atoms with van der Waals surface area (Å²) in [7, 11) is 1.62. The predicted octanol–water partition coefficient (Wildman–Crippen LogP) is 14.7. The van der Waals surface area contributed by atoms with Crippen LogP contribution in [0.25, 0.3) is 0 Å². The third-order valence-electron chi connectivity index (χ3n) is 11.8. The number of aliphatic hydroxyl groups excluding tert-OH is 1. The Bertz CT molecular complexity index is 974. The Kier molecular flexibility index (Phi) is 42.0. The van der Waals surface area contributed by atoms with Crippen LogP contribution in [0.4, 0.5) is 0 Å². The van der Waals surface area contributed by atoms with Gasteiger partial charge in [0.2, 0.25) is 5.91 Å². The fraction of sp³-hybridized carbons (Fsp3) is 0.940. The maximum absolute atomic E-state index is 12.9. The average Bonchev–Trinajstić information content (AvgIpc) is 3.19. The van der Waals surface area contributed by atoms with Crippen molar-refractivity contribution in [3.05, 3.63) is 12.2 Å². The molecule has 0 aliphatic carbocycles. The molecule has 0 radical (unpaired) electrons. The maximum Gasteiger partial charge on any atom is 0.472 e. The van der Waals surface area contributed by atoms with Crippen LogP contribution < -0.4 is 5.32 Å². The molecule has 352 valence electrons. The van der Waals surface area contributed by atoms with Gasteiger partial charge in [-0.1, -0.05) is 225 Å². The molecule has 1 amide bonds. The molecule has 3 atom stereocenters. The Hall–Kier alpha value is -0.760. The Morgan fingerprint density at radius 3 is 1.36 bits per heavy atom. The highest BCUT2D eigenvalue weighted by molar-refractivity contribution is 7.47. The minimum absolute atomic E-state index is 0.0750. The van der Waals surface area contributed by atoms with Crippen molar-refractivity contribution in [2.45, 2.75) is 264 Å². The summed E-state index contributed by atoms with van der Waals surface area (Å²) in [6, 6.07) is -0.760. The van der Waals surface area contributed by atoms with Gasteiger partial charge in [-0.05, 0) is 32.1 Å². The van der Waals surface area contributed by atoms with Crippen LogP contribution in [0, 0.1) is 0 Å². The zero-order chi connectivity index (χ0) is 43.6. The van der Waals surface area contributed by atoms with E-state index in [1.807, 2.05) is 21.1 Å². The van der Waals surface area contributed by atoms with Crippen molar-refractivity contribution in [1.29, 1.82) is 0 Å². The fourth-order valence-electron chi connectivity index (χ4n) is 7.68. The van der Waals surface area contributed by atoms with Crippen LogP contribution in [-0.4, -0.2) is 73.4 Å². The number of hydrogen-bond donors (Lipinski definition) is 3. The first kappa shape index (κ1) is 58.2. The number of rotatable bonds is 47. The zero-order valence-corrected chi connectivity index (χ0v) is 40.9. The van der Waals surface area contributed by atoms with E-state index in [2.05, 4.69) is 31.3 Å². The summed E-state index contributed by atoms with van der Waals surface area (Å²) < 4.78 is 23.7. The monoisotopic (exact) mass is 858 g/mol. The van der Waals surface area contributed by atoms with Crippen molar-refractivity contribution in [1.82, 2.24) is 5.32 Å². The number of nitrogens with zero attached hydrogens (tertiary/aromatic N) is 1. The lowest BCUT2D eigenvalue weighted by atomic mass is 10.0. The summed E-state index contributed by atoms with van der Waals surface area (Å²) in [5.41, 5.74) is 0. The number of amides is 1. The van der Waals surface area contributed by atoms with E-state index in [0.717, 1.165) is 51.4 Å². The maximum atomic E-state index is 12.9. The van der Waals surface area contributed by atoms with Gasteiger partial charge in [-0.2, -0.15) is 0 Å². The van der Waals surface area contributed by atoms with Crippen molar-refractivity contribution in [2.24, 2.45) is 0 Å². The lowest BCUT2D eigenvalue weighted by Gasteiger charge is -2.26. The van der Waals surface area contributed by atoms with Gasteiger partial charge in [0.25, 0.3) is 0 Å². The van der Waals surface area contributed by atoms with E-state index in [1.54, 1.807) is 0 Å². The number of aliphatic hydroxyl groups is 1. The molecule has 3 N–H and O–H groups in total. The van der Waals surface area contributed by atoms with Crippen LogP contribution in [0.5, 0.6) is 0 Å². The normalized spacial score (nSPS) is 14.2. The van der Waals surface area contributed by atoms with E-state index < -0.39 is 20.0 Å². The average molecular weight is 858 g/mol. The molecule has 0 saturated carbocycles. The first-order valence-corrected chi connectivity index (χ1v) is 27.0. The highest BCUT2D eigenvalue weighted by Crippen LogP contribution is 2.43. The smallest absolute Gasteiger partial charge is 0.391 e. The number of allylic oxidation sites excluding steroid dienone is 2. The number of unbranched alkanes of at least 4 members (excludes halogenated alkanes) is 32. The molecule has 0 aromatic carbocycles. The van der Waals surface area contributed by atoms with Crippen molar-refractivity contribution < 1.29 is 32.9 Å². The minimum Gasteiger partial charge on any atom is -0.391 e. The van der Waals surface area contributed by atoms with Crippen molar-refractivity contribution in [3.8, 4) is 0 Å². The molecule has 8 nitrogen and oxygen atoms in total. The number of hydrogen-bond acceptors (Lipinski definition) is 5. The van der Waals surface area contributed by atoms with E-state index in [9.17, 15) is 19.4 Å². The Labute approximate surface area is 367 Å². The van der Waals surface area contributed by atoms with E-state index in [-0.39, 0.29) is 19.1 Å². The first-order chi connectivity index (χ1) is 28.5. The molecule has 0 bridgehead atoms. The Morgan fingerprint density at radius 1 is 0.559 bits per heavy atom. The SMILES string of the molecule is CCCC/C=C\CCCCCCCC(=O)NC(COP(=O)(O)OCC[N+](C)(C)C)C(O)CCCCCCCCCCCCCCCCCCCCCCCCCCCC. The lowest BCUT2D eigenvalue weighted by molar-refractivity contribution is -0.870. The molecular formula is C50H102N2O6P+. The second-order valence-corrected chi connectivity index (χ2v) is 20.4. The van der Waals surface area contributed by atoms with Crippen LogP contribution in [0.15, 0.2) is 12.2 Å². The second kappa shape index (κ2) is 42.5. The van der Waals surface area contributed by atoms with Crippen molar-refractivity contribution >= 4 is 13.7 Å². The summed E-state index contributed by atoms with van der Waals surface area (Å²) in [6.07, 6.45) is 49.8. The van der Waals surface area contributed by atoms with Crippen molar-refractivity contribution in [3.63, 3.8) is 0 Å². The van der Waals surface area contributed by atoms with Crippen molar-refractivity contribution in [2.75, 3.05) is 40.9 Å². The van der Waals surface area contributed by atoms with Gasteiger partial charge in [-0.15, -0.1) is 0 Å². The third kappa shape index (κ3) is 45.1. The summed E-state index contributed by atoms with van der Waals surface area (Å²) in [6.45, 7) is 4.86. The number of phosphoric ester groups is 1. The van der Waals surface area contributed by atoms with Gasteiger partial charge in [0, 0.05) is 6.42 Å². The first-order valence-electron chi connectivity index (χ1n) is 25.6. The van der Waals surface area contributed by atoms with Gasteiger partial charge in [0.1, 0.15) is 13.2 Å². The summed E-state index contributed by atoms with van der Waals surface area (Å²) in [4.78, 5) is 23.1. The molecule has 0 heterocycles. The molecular weight excluding hydrogens is 756 g/mol. The van der Waals surface area contributed by atoms with Crippen LogP contribution in [0.2, 0.25) is 0 Å². The Balaban J connectivity index is 4.09. The number of likely N-dealkylation sites (N-methyl/N-ethyl adjacent to an activating group) is 1. The second-order valence-electron chi connectivity index (χ2n) is 18.9. The fourth-order valence-corrected chi connectivity index (χ4v) is 8.41. The van der Waals surface area contributed by atoms with E-state index in [1.165, 1.54) is 173 Å². The number of carbonyl (C=O) groups is 1. The summed E-state index contributed by atoms with van der Waals surface area (Å²) >= 11 is 0. The standard InChI is InChI=1S/C50H101N2O6P/c1-6-8-10-12-14-16-18-19-20-21-22-23-24-25-26-27-28-29-30-31-32-34-35-37-39-41-43-49(53)48(47-58-59(55,56)57-46-45-52(3,4)5)51-50(54)44-42-40-38-36-33-17-15-13-11-9-7-2/h13,15,48-49,53H,6-12,14,16-47H2,1-5H3,(H-,51,54,55,56)/p+1/b15-13-. The molecule has 0 aromatic heterocycles. The predicted molar refractivity (Wildman–Crippen MR) is 254 cm³/mol. The van der Waals surface area contributed by atoms with Crippen LogP contribution in [0.3, 0.4) is 0 Å². The molecule has 0 aromatic rings. The molecule has 0 rings (SSSR count). The molecule has 0 aliphatic heterocycles. The topological polar surface area (TPSA) is 105 Å². The van der Waals surface area contributed by atoms with Crippen LogP contribution >= 0.6 is 7.82 Å². The number of quaternary nitrogens is 1. The number of phosphoric acid groups is 1. The van der Waals surface area contributed by atoms with Gasteiger partial charge >= 0.3 is 7.82 Å². The lowest BCUT2D eigenvalue weighted by Crippen LogP contribution is -2.46. The van der Waals surface area contributed by atoms with Gasteiger partial charge in [0.15, 0.2) is 0 Å². The van der Waals surface area contributed by atoms with E-state index in [4.69, 9.17) is 9.05 Å². The molecule has 0 spiro atoms. The van der Waals surface area contributed by atoms with Crippen LogP contribution in [0.1, 0.15) is 251 Å². The highest BCUT2D eigenvalue weighted by atomic mass is 31.2. The highest BCUT2D eigenvalue weighted by Gasteiger charge is 2.28. The summed E-state index contributed by atoms with van der Waals surface area (Å²) in [5.74, 6) is -0.153. The minimum atomic E-state index is -4.31. The molecule has 9 heteroatoms. The van der Waals surface area contributed by atoms with E-state index >= 15 is 0 Å². The molecule has 0 saturated heterocycles. The van der Waals surface area contributed by atoms with Gasteiger partial charge in [0.05, 0.1) is 39.9 Å². The molecule has 0 aliphatic rings. The van der Waals surface area contributed by atoms with E-state index in [0.29, 0.717) is 23.9 Å². The zero-order valence-electron chi connectivity index (χ0n) is 40.0. The van der Waals surface area contributed by atoms with Crippen LogP contribution in [-0.2, 0) is 18.4 Å². The Morgan fingerprint density at radius 2 is 0.932 bits per heavy atom. The van der Waals surface area contributed by atoms with Gasteiger partial charge < -0.3 is 19.8 Å².